The minimum atomic E-state index is -2.93. The van der Waals surface area contributed by atoms with E-state index in [-0.39, 0.29) is 18.2 Å². The highest BCUT2D eigenvalue weighted by molar-refractivity contribution is 5.95. The van der Waals surface area contributed by atoms with Gasteiger partial charge in [0.05, 0.1) is 6.10 Å². The summed E-state index contributed by atoms with van der Waals surface area (Å²) >= 11 is 0. The summed E-state index contributed by atoms with van der Waals surface area (Å²) in [5.74, 6) is -0.344. The van der Waals surface area contributed by atoms with Gasteiger partial charge in [0.25, 0.3) is 5.91 Å². The molecule has 0 spiro atoms. The van der Waals surface area contributed by atoms with Crippen LogP contribution in [-0.4, -0.2) is 24.2 Å². The van der Waals surface area contributed by atoms with Crippen molar-refractivity contribution in [2.45, 2.75) is 19.6 Å². The second kappa shape index (κ2) is 7.69. The van der Waals surface area contributed by atoms with Crippen molar-refractivity contribution in [3.63, 3.8) is 0 Å². The van der Waals surface area contributed by atoms with Crippen molar-refractivity contribution in [3.8, 4) is 5.75 Å². The lowest BCUT2D eigenvalue weighted by atomic mass is 10.1. The lowest BCUT2D eigenvalue weighted by Crippen LogP contribution is -2.28. The molecular weight excluding hydrogens is 304 g/mol. The van der Waals surface area contributed by atoms with Crippen LogP contribution in [0.25, 0.3) is 0 Å². The monoisotopic (exact) mass is 321 g/mol. The van der Waals surface area contributed by atoms with Crippen LogP contribution in [0.3, 0.4) is 0 Å². The molecule has 0 fully saturated rings. The Hall–Kier alpha value is -2.47. The minimum absolute atomic E-state index is 0.0364. The zero-order valence-electron chi connectivity index (χ0n) is 12.5. The Morgan fingerprint density at radius 2 is 1.96 bits per heavy atom. The molecule has 23 heavy (non-hydrogen) atoms. The molecule has 4 nitrogen and oxygen atoms in total. The van der Waals surface area contributed by atoms with E-state index in [9.17, 15) is 18.7 Å². The number of rotatable bonds is 6. The first-order valence-electron chi connectivity index (χ1n) is 7.04. The molecule has 0 aromatic heterocycles. The maximum atomic E-state index is 12.2. The van der Waals surface area contributed by atoms with Crippen LogP contribution in [-0.2, 0) is 0 Å². The molecule has 0 saturated heterocycles. The lowest BCUT2D eigenvalue weighted by molar-refractivity contribution is -0.0499. The number of ether oxygens (including phenoxy) is 1. The molecule has 0 aliphatic rings. The van der Waals surface area contributed by atoms with Crippen LogP contribution < -0.4 is 10.1 Å². The highest BCUT2D eigenvalue weighted by Gasteiger charge is 2.13. The fourth-order valence-electron chi connectivity index (χ4n) is 2.13. The Morgan fingerprint density at radius 3 is 2.65 bits per heavy atom. The van der Waals surface area contributed by atoms with Crippen molar-refractivity contribution in [1.29, 1.82) is 0 Å². The molecule has 0 saturated carbocycles. The van der Waals surface area contributed by atoms with Gasteiger partial charge < -0.3 is 15.2 Å². The van der Waals surface area contributed by atoms with E-state index in [2.05, 4.69) is 10.1 Å². The molecule has 2 N–H and O–H groups in total. The number of benzene rings is 2. The number of nitrogens with one attached hydrogen (secondary N) is 1. The second-order valence-electron chi connectivity index (χ2n) is 4.99. The third-order valence-electron chi connectivity index (χ3n) is 3.31. The van der Waals surface area contributed by atoms with E-state index >= 15 is 0 Å². The summed E-state index contributed by atoms with van der Waals surface area (Å²) < 4.78 is 28.7. The van der Waals surface area contributed by atoms with Crippen LogP contribution in [0.5, 0.6) is 5.75 Å². The van der Waals surface area contributed by atoms with Gasteiger partial charge in [0.15, 0.2) is 0 Å². The number of aliphatic hydroxyl groups is 1. The zero-order chi connectivity index (χ0) is 16.8. The summed E-state index contributed by atoms with van der Waals surface area (Å²) in [6.07, 6.45) is -1.02. The molecule has 0 radical (unpaired) electrons. The van der Waals surface area contributed by atoms with E-state index in [1.807, 2.05) is 19.1 Å². The van der Waals surface area contributed by atoms with E-state index in [0.717, 1.165) is 5.56 Å². The van der Waals surface area contributed by atoms with Gasteiger partial charge >= 0.3 is 6.61 Å². The van der Waals surface area contributed by atoms with Crippen LogP contribution >= 0.6 is 0 Å². The summed E-state index contributed by atoms with van der Waals surface area (Å²) in [5.41, 5.74) is 1.73. The van der Waals surface area contributed by atoms with Crippen molar-refractivity contribution in [3.05, 3.63) is 65.2 Å². The molecule has 1 atom stereocenters. The number of hydrogen-bond donors (Lipinski definition) is 2. The van der Waals surface area contributed by atoms with Gasteiger partial charge in [-0.15, -0.1) is 0 Å². The van der Waals surface area contributed by atoms with Crippen LogP contribution in [0.15, 0.2) is 48.5 Å². The molecule has 6 heteroatoms. The van der Waals surface area contributed by atoms with Crippen molar-refractivity contribution in [2.24, 2.45) is 0 Å². The van der Waals surface area contributed by atoms with Crippen molar-refractivity contribution < 1.29 is 23.4 Å². The molecule has 2 aromatic carbocycles. The van der Waals surface area contributed by atoms with E-state index in [1.165, 1.54) is 18.2 Å². The average molecular weight is 321 g/mol. The molecule has 1 unspecified atom stereocenters. The fraction of sp³-hybridized carbons (Fsp3) is 0.235. The number of amides is 1. The second-order valence-corrected chi connectivity index (χ2v) is 4.99. The third-order valence-corrected chi connectivity index (χ3v) is 3.31. The summed E-state index contributed by atoms with van der Waals surface area (Å²) in [6, 6.07) is 12.8. The van der Waals surface area contributed by atoms with Crippen LogP contribution in [0.2, 0.25) is 0 Å². The van der Waals surface area contributed by atoms with Gasteiger partial charge in [-0.1, -0.05) is 30.3 Å². The molecular formula is C17H17F2NO3. The normalized spacial score (nSPS) is 12.0. The molecule has 0 aliphatic heterocycles. The Balaban J connectivity index is 1.98. The van der Waals surface area contributed by atoms with Crippen LogP contribution in [0.1, 0.15) is 27.6 Å². The van der Waals surface area contributed by atoms with Crippen molar-refractivity contribution >= 4 is 5.91 Å². The molecule has 2 rings (SSSR count). The number of hydrogen-bond acceptors (Lipinski definition) is 3. The first-order chi connectivity index (χ1) is 11.0. The average Bonchev–Trinajstić information content (AvgIpc) is 2.52. The van der Waals surface area contributed by atoms with E-state index < -0.39 is 12.7 Å². The van der Waals surface area contributed by atoms with Crippen molar-refractivity contribution in [1.82, 2.24) is 5.32 Å². The largest absolute Gasteiger partial charge is 0.435 e. The lowest BCUT2D eigenvalue weighted by Gasteiger charge is -2.14. The highest BCUT2D eigenvalue weighted by Crippen LogP contribution is 2.20. The topological polar surface area (TPSA) is 58.6 Å². The summed E-state index contributed by atoms with van der Waals surface area (Å²) in [4.78, 5) is 12.1. The predicted molar refractivity (Wildman–Crippen MR) is 81.5 cm³/mol. The molecule has 0 bridgehead atoms. The third kappa shape index (κ3) is 4.75. The Bertz CT molecular complexity index is 676. The van der Waals surface area contributed by atoms with Crippen LogP contribution in [0.4, 0.5) is 8.78 Å². The number of halogens is 2. The maximum absolute atomic E-state index is 12.2. The SMILES string of the molecule is Cc1ccccc1C(=O)NCC(O)c1cccc(OC(F)F)c1. The summed E-state index contributed by atoms with van der Waals surface area (Å²) in [6.45, 7) is -1.15. The van der Waals surface area contributed by atoms with E-state index in [1.54, 1.807) is 18.2 Å². The van der Waals surface area contributed by atoms with E-state index in [0.29, 0.717) is 11.1 Å². The molecule has 2 aromatic rings. The Kier molecular flexibility index (Phi) is 5.65. The first kappa shape index (κ1) is 16.9. The van der Waals surface area contributed by atoms with Crippen molar-refractivity contribution in [2.75, 3.05) is 6.54 Å². The first-order valence-corrected chi connectivity index (χ1v) is 7.04. The Labute approximate surface area is 132 Å². The van der Waals surface area contributed by atoms with Crippen LogP contribution in [0, 0.1) is 6.92 Å². The van der Waals surface area contributed by atoms with Gasteiger partial charge in [0, 0.05) is 12.1 Å². The fourth-order valence-corrected chi connectivity index (χ4v) is 2.13. The van der Waals surface area contributed by atoms with Gasteiger partial charge in [-0.2, -0.15) is 8.78 Å². The highest BCUT2D eigenvalue weighted by atomic mass is 19.3. The molecule has 122 valence electrons. The predicted octanol–water partition coefficient (Wildman–Crippen LogP) is 3.06. The zero-order valence-corrected chi connectivity index (χ0v) is 12.5. The number of alkyl halides is 2. The number of carbonyl (C=O) groups is 1. The summed E-state index contributed by atoms with van der Waals surface area (Å²) in [5, 5.41) is 12.7. The van der Waals surface area contributed by atoms with Gasteiger partial charge in [0.2, 0.25) is 0 Å². The molecule has 0 aliphatic carbocycles. The smallest absolute Gasteiger partial charge is 0.387 e. The van der Waals surface area contributed by atoms with Gasteiger partial charge in [0.1, 0.15) is 5.75 Å². The number of aryl methyl sites for hydroxylation is 1. The Morgan fingerprint density at radius 1 is 1.22 bits per heavy atom. The minimum Gasteiger partial charge on any atom is -0.435 e. The standard InChI is InChI=1S/C17H17F2NO3/c1-11-5-2-3-8-14(11)16(22)20-10-15(21)12-6-4-7-13(9-12)23-17(18)19/h2-9,15,17,21H,10H2,1H3,(H,20,22). The number of aliphatic hydroxyl groups excluding tert-OH is 1. The quantitative estimate of drug-likeness (QED) is 0.860. The maximum Gasteiger partial charge on any atom is 0.387 e. The molecule has 1 amide bonds. The summed E-state index contributed by atoms with van der Waals surface area (Å²) in [7, 11) is 0. The van der Waals surface area contributed by atoms with Gasteiger partial charge in [-0.25, -0.2) is 0 Å². The van der Waals surface area contributed by atoms with Gasteiger partial charge in [-0.05, 0) is 36.2 Å². The van der Waals surface area contributed by atoms with E-state index in [4.69, 9.17) is 0 Å². The molecule has 0 heterocycles. The number of carbonyl (C=O) groups excluding carboxylic acids is 1. The van der Waals surface area contributed by atoms with Gasteiger partial charge in [-0.3, -0.25) is 4.79 Å².